The minimum Gasteiger partial charge on any atom is -1.00 e. The van der Waals surface area contributed by atoms with E-state index in [4.69, 9.17) is 4.84 Å². The molecule has 5 heteroatoms. The summed E-state index contributed by atoms with van der Waals surface area (Å²) in [5.74, 6) is 0.433. The minimum atomic E-state index is 0. The smallest absolute Gasteiger partial charge is 0.247 e. The molecular weight excluding hydrogens is 360 g/mol. The highest BCUT2D eigenvalue weighted by Crippen LogP contribution is 2.27. The Morgan fingerprint density at radius 3 is 2.07 bits per heavy atom. The summed E-state index contributed by atoms with van der Waals surface area (Å²) in [5, 5.41) is 12.3. The first-order valence-electron chi connectivity index (χ1n) is 8.70. The van der Waals surface area contributed by atoms with Crippen LogP contribution < -0.4 is 17.6 Å². The van der Waals surface area contributed by atoms with E-state index in [9.17, 15) is 5.11 Å². The number of nitrogens with zero attached hydrogens (tertiary/aromatic N) is 1. The van der Waals surface area contributed by atoms with Crippen LogP contribution in [0.5, 0.6) is 5.75 Å². The van der Waals surface area contributed by atoms with Crippen molar-refractivity contribution in [2.24, 2.45) is 0 Å². The van der Waals surface area contributed by atoms with Crippen LogP contribution >= 0.6 is 0 Å². The summed E-state index contributed by atoms with van der Waals surface area (Å²) in [5.41, 5.74) is 4.11. The summed E-state index contributed by atoms with van der Waals surface area (Å²) < 4.78 is 0. The van der Waals surface area contributed by atoms with Crippen LogP contribution in [0.2, 0.25) is 0 Å². The van der Waals surface area contributed by atoms with Crippen molar-refractivity contribution in [1.82, 2.24) is 4.98 Å². The third kappa shape index (κ3) is 5.83. The Bertz CT molecular complexity index is 798. The SMILES string of the molecule is CC(=[NH+]OCCC(c1ccccc1)c1ccccc1)c1ccc(O)cn1.[Cl-]. The van der Waals surface area contributed by atoms with Crippen LogP contribution in [0.25, 0.3) is 0 Å². The van der Waals surface area contributed by atoms with Crippen molar-refractivity contribution >= 4 is 5.71 Å². The summed E-state index contributed by atoms with van der Waals surface area (Å²) in [7, 11) is 0. The summed E-state index contributed by atoms with van der Waals surface area (Å²) in [6.45, 7) is 2.45. The predicted octanol–water partition coefficient (Wildman–Crippen LogP) is -0.165. The summed E-state index contributed by atoms with van der Waals surface area (Å²) >= 11 is 0. The third-order valence-corrected chi connectivity index (χ3v) is 4.27. The van der Waals surface area contributed by atoms with Crippen LogP contribution in [-0.4, -0.2) is 22.4 Å². The van der Waals surface area contributed by atoms with Crippen LogP contribution in [0, 0.1) is 0 Å². The fourth-order valence-corrected chi connectivity index (χ4v) is 2.89. The van der Waals surface area contributed by atoms with Crippen LogP contribution in [0.15, 0.2) is 79.0 Å². The molecule has 0 aliphatic rings. The largest absolute Gasteiger partial charge is 1.00 e. The lowest BCUT2D eigenvalue weighted by Gasteiger charge is -2.16. The molecule has 2 N–H and O–H groups in total. The number of hydrogen-bond acceptors (Lipinski definition) is 3. The van der Waals surface area contributed by atoms with Gasteiger partial charge in [-0.15, -0.1) is 0 Å². The average molecular weight is 383 g/mol. The first-order chi connectivity index (χ1) is 12.7. The molecule has 0 spiro atoms. The molecular formula is C22H23ClN2O2. The van der Waals surface area contributed by atoms with Gasteiger partial charge in [-0.25, -0.2) is 4.98 Å². The predicted molar refractivity (Wildman–Crippen MR) is 102 cm³/mol. The molecule has 2 aromatic carbocycles. The fourth-order valence-electron chi connectivity index (χ4n) is 2.89. The lowest BCUT2D eigenvalue weighted by atomic mass is 9.89. The molecule has 1 heterocycles. The second-order valence-corrected chi connectivity index (χ2v) is 6.14. The van der Waals surface area contributed by atoms with Crippen LogP contribution in [0.1, 0.15) is 36.1 Å². The van der Waals surface area contributed by atoms with Gasteiger partial charge in [0, 0.05) is 12.8 Å². The fraction of sp³-hybridized carbons (Fsp3) is 0.182. The van der Waals surface area contributed by atoms with Gasteiger partial charge in [0.25, 0.3) is 0 Å². The first kappa shape index (κ1) is 20.5. The number of hydrogen-bond donors (Lipinski definition) is 2. The van der Waals surface area contributed by atoms with Gasteiger partial charge in [-0.2, -0.15) is 0 Å². The summed E-state index contributed by atoms with van der Waals surface area (Å²) in [6, 6.07) is 24.3. The second-order valence-electron chi connectivity index (χ2n) is 6.14. The summed E-state index contributed by atoms with van der Waals surface area (Å²) in [4.78, 5) is 9.82. The number of nitrogens with one attached hydrogen (secondary N) is 1. The van der Waals surface area contributed by atoms with Gasteiger partial charge in [0.1, 0.15) is 11.4 Å². The number of aromatic nitrogens is 1. The van der Waals surface area contributed by atoms with Gasteiger partial charge >= 0.3 is 0 Å². The minimum absolute atomic E-state index is 0. The Balaban J connectivity index is 0.00000261. The highest BCUT2D eigenvalue weighted by atomic mass is 35.5. The van der Waals surface area contributed by atoms with Crippen LogP contribution in [-0.2, 0) is 4.84 Å². The molecule has 0 unspecified atom stereocenters. The molecule has 4 nitrogen and oxygen atoms in total. The van der Waals surface area contributed by atoms with E-state index >= 15 is 0 Å². The first-order valence-corrected chi connectivity index (χ1v) is 8.70. The van der Waals surface area contributed by atoms with Crippen molar-refractivity contribution in [1.29, 1.82) is 0 Å². The second kappa shape index (κ2) is 10.3. The van der Waals surface area contributed by atoms with Crippen molar-refractivity contribution in [2.45, 2.75) is 19.3 Å². The maximum absolute atomic E-state index is 9.31. The van der Waals surface area contributed by atoms with Gasteiger partial charge < -0.3 is 17.5 Å². The molecule has 0 aliphatic carbocycles. The van der Waals surface area contributed by atoms with Crippen LogP contribution in [0.4, 0.5) is 0 Å². The van der Waals surface area contributed by atoms with Gasteiger partial charge in [-0.1, -0.05) is 60.7 Å². The lowest BCUT2D eigenvalue weighted by Crippen LogP contribution is -3.00. The van der Waals surface area contributed by atoms with E-state index in [1.165, 1.54) is 17.3 Å². The van der Waals surface area contributed by atoms with Crippen molar-refractivity contribution in [3.63, 3.8) is 0 Å². The van der Waals surface area contributed by atoms with Crippen molar-refractivity contribution < 1.29 is 27.5 Å². The van der Waals surface area contributed by atoms with E-state index in [2.05, 4.69) is 58.7 Å². The van der Waals surface area contributed by atoms with E-state index in [0.29, 0.717) is 6.61 Å². The highest BCUT2D eigenvalue weighted by Gasteiger charge is 2.15. The van der Waals surface area contributed by atoms with Gasteiger partial charge in [-0.3, -0.25) is 4.84 Å². The quantitative estimate of drug-likeness (QED) is 0.339. The maximum atomic E-state index is 9.31. The third-order valence-electron chi connectivity index (χ3n) is 4.27. The number of halogens is 1. The molecule has 140 valence electrons. The standard InChI is InChI=1S/C22H22N2O2.ClH/c1-17(22-13-12-20(25)16-23-22)24-26-15-14-21(18-8-4-2-5-9-18)19-10-6-3-7-11-19;/h2-13,16,21,25H,14-15H2,1H3;1H. The maximum Gasteiger partial charge on any atom is 0.247 e. The molecule has 0 atom stereocenters. The molecule has 0 bridgehead atoms. The number of pyridine rings is 1. The molecule has 0 radical (unpaired) electrons. The van der Waals surface area contributed by atoms with Gasteiger partial charge in [-0.05, 0) is 34.8 Å². The monoisotopic (exact) mass is 382 g/mol. The van der Waals surface area contributed by atoms with E-state index < -0.39 is 0 Å². The van der Waals surface area contributed by atoms with Gasteiger partial charge in [0.2, 0.25) is 5.71 Å². The van der Waals surface area contributed by atoms with Crippen molar-refractivity contribution in [3.8, 4) is 5.75 Å². The highest BCUT2D eigenvalue weighted by molar-refractivity contribution is 5.92. The van der Waals surface area contributed by atoms with E-state index in [0.717, 1.165) is 17.8 Å². The Morgan fingerprint density at radius 2 is 1.56 bits per heavy atom. The zero-order valence-electron chi connectivity index (χ0n) is 15.2. The zero-order chi connectivity index (χ0) is 18.2. The van der Waals surface area contributed by atoms with Crippen molar-refractivity contribution in [2.75, 3.05) is 6.61 Å². The molecule has 0 saturated heterocycles. The lowest BCUT2D eigenvalue weighted by molar-refractivity contribution is -0.753. The number of rotatable bonds is 7. The molecule has 27 heavy (non-hydrogen) atoms. The van der Waals surface area contributed by atoms with Crippen molar-refractivity contribution in [3.05, 3.63) is 95.8 Å². The van der Waals surface area contributed by atoms with Gasteiger partial charge in [0.05, 0.1) is 6.20 Å². The van der Waals surface area contributed by atoms with Gasteiger partial charge in [0.15, 0.2) is 6.61 Å². The molecule has 3 rings (SSSR count). The number of benzene rings is 2. The Hall–Kier alpha value is -2.85. The number of aromatic hydroxyl groups is 1. The molecule has 0 saturated carbocycles. The Labute approximate surface area is 166 Å². The van der Waals surface area contributed by atoms with E-state index in [-0.39, 0.29) is 24.1 Å². The zero-order valence-corrected chi connectivity index (χ0v) is 15.9. The average Bonchev–Trinajstić information content (AvgIpc) is 2.70. The molecule has 0 fully saturated rings. The Morgan fingerprint density at radius 1 is 0.963 bits per heavy atom. The molecule has 0 amide bonds. The molecule has 0 aliphatic heterocycles. The molecule has 3 aromatic rings. The molecule has 1 aromatic heterocycles. The normalized spacial score (nSPS) is 11.1. The van der Waals surface area contributed by atoms with Crippen LogP contribution in [0.3, 0.4) is 0 Å². The Kier molecular flexibility index (Phi) is 7.83. The van der Waals surface area contributed by atoms with E-state index in [1.54, 1.807) is 12.1 Å². The summed E-state index contributed by atoms with van der Waals surface area (Å²) in [6.07, 6.45) is 2.28. The topological polar surface area (TPSA) is 56.3 Å². The van der Waals surface area contributed by atoms with E-state index in [1.807, 2.05) is 19.1 Å².